The summed E-state index contributed by atoms with van der Waals surface area (Å²) in [5, 5.41) is 23.6. The number of carbonyl (C=O) groups is 2. The van der Waals surface area contributed by atoms with Gasteiger partial charge in [-0.3, -0.25) is 19.8 Å². The van der Waals surface area contributed by atoms with Gasteiger partial charge in [0.15, 0.2) is 0 Å². The van der Waals surface area contributed by atoms with Gasteiger partial charge in [-0.15, -0.1) is 0 Å². The van der Waals surface area contributed by atoms with Gasteiger partial charge in [-0.05, 0) is 110 Å². The zero-order chi connectivity index (χ0) is 34.2. The molecule has 0 atom stereocenters. The normalized spacial score (nSPS) is 20.0. The second-order valence-electron chi connectivity index (χ2n) is 13.3. The van der Waals surface area contributed by atoms with Gasteiger partial charge in [-0.1, -0.05) is 0 Å². The van der Waals surface area contributed by atoms with Gasteiger partial charge in [0, 0.05) is 47.5 Å². The second kappa shape index (κ2) is 18.9. The maximum absolute atomic E-state index is 11.9. The molecule has 0 saturated heterocycles. The third kappa shape index (κ3) is 11.3. The molecule has 0 amide bonds. The van der Waals surface area contributed by atoms with Crippen molar-refractivity contribution in [3.05, 3.63) is 81.5 Å². The predicted molar refractivity (Wildman–Crippen MR) is 181 cm³/mol. The van der Waals surface area contributed by atoms with Crippen LogP contribution in [0, 0.1) is 39.5 Å². The van der Waals surface area contributed by atoms with Crippen molar-refractivity contribution in [3.63, 3.8) is 0 Å². The van der Waals surface area contributed by atoms with Crippen LogP contribution >= 0.6 is 0 Å². The maximum Gasteiger partial charge on any atom is 1.00 e. The number of carboxylic acids is 1. The van der Waals surface area contributed by atoms with Crippen LogP contribution in [0.2, 0.25) is 0 Å². The number of rotatable bonds is 9. The Kier molecular flexibility index (Phi) is 15.3. The first-order chi connectivity index (χ1) is 23.1. The molecule has 6 rings (SSSR count). The van der Waals surface area contributed by atoms with Crippen molar-refractivity contribution in [2.45, 2.75) is 111 Å². The van der Waals surface area contributed by atoms with Gasteiger partial charge in [-0.25, -0.2) is 19.9 Å². The summed E-state index contributed by atoms with van der Waals surface area (Å²) >= 11 is 0. The Morgan fingerprint density at radius 1 is 0.680 bits per heavy atom. The number of ether oxygens (including phenoxy) is 1. The van der Waals surface area contributed by atoms with E-state index in [1.54, 1.807) is 0 Å². The van der Waals surface area contributed by atoms with Crippen molar-refractivity contribution in [3.8, 4) is 0 Å². The fourth-order valence-corrected chi connectivity index (χ4v) is 6.81. The topological polar surface area (TPSA) is 203 Å². The quantitative estimate of drug-likeness (QED) is 0.173. The van der Waals surface area contributed by atoms with Crippen molar-refractivity contribution < 1.29 is 43.8 Å². The molecule has 2 aliphatic rings. The molecule has 13 nitrogen and oxygen atoms in total. The van der Waals surface area contributed by atoms with Crippen LogP contribution in [-0.2, 0) is 27.2 Å². The van der Waals surface area contributed by atoms with Crippen LogP contribution < -0.4 is 18.9 Å². The maximum atomic E-state index is 11.9. The molecule has 0 radical (unpaired) electrons. The van der Waals surface area contributed by atoms with Crippen molar-refractivity contribution in [1.29, 1.82) is 0 Å². The van der Waals surface area contributed by atoms with Crippen LogP contribution in [0.1, 0.15) is 127 Å². The van der Waals surface area contributed by atoms with E-state index in [9.17, 15) is 9.59 Å². The van der Waals surface area contributed by atoms with E-state index >= 15 is 0 Å². The molecule has 4 heterocycles. The average Bonchev–Trinajstić information content (AvgIpc) is 3.67. The minimum Gasteiger partial charge on any atom is -0.870 e. The SMILES string of the molecule is CCOC(=O)C1CCC(c2nc(C)cc(Cc3cc(C)[nH]n3)n2)CC1.Cc1cc(Cc2cc(C)[nH]n2)nc(C2CCC(C(=O)O)CC2)n1.[Li+].[OH-]. The van der Waals surface area contributed by atoms with E-state index in [4.69, 9.17) is 19.8 Å². The fraction of sp³-hybridized carbons (Fsp3) is 0.556. The third-order valence-electron chi connectivity index (χ3n) is 9.25. The van der Waals surface area contributed by atoms with Crippen LogP contribution in [0.25, 0.3) is 0 Å². The summed E-state index contributed by atoms with van der Waals surface area (Å²) < 4.78 is 5.15. The van der Waals surface area contributed by atoms with E-state index in [0.717, 1.165) is 95.7 Å². The number of aromatic nitrogens is 8. The summed E-state index contributed by atoms with van der Waals surface area (Å²) in [5.41, 5.74) is 7.98. The van der Waals surface area contributed by atoms with Crippen molar-refractivity contribution in [1.82, 2.24) is 40.3 Å². The molecule has 2 aliphatic carbocycles. The van der Waals surface area contributed by atoms with E-state index in [1.165, 1.54) is 0 Å². The zero-order valence-electron chi connectivity index (χ0n) is 30.2. The molecule has 0 aromatic carbocycles. The van der Waals surface area contributed by atoms with Crippen LogP contribution in [-0.4, -0.2) is 69.5 Å². The van der Waals surface area contributed by atoms with Crippen molar-refractivity contribution >= 4 is 11.9 Å². The minimum atomic E-state index is -0.678. The summed E-state index contributed by atoms with van der Waals surface area (Å²) in [7, 11) is 0. The third-order valence-corrected chi connectivity index (χ3v) is 9.25. The Bertz CT molecular complexity index is 1690. The molecule has 4 aromatic rings. The Balaban J connectivity index is 0.000000261. The Labute approximate surface area is 305 Å². The van der Waals surface area contributed by atoms with E-state index in [2.05, 4.69) is 30.4 Å². The Hall–Kier alpha value is -3.92. The van der Waals surface area contributed by atoms with Gasteiger partial charge in [-0.2, -0.15) is 10.2 Å². The van der Waals surface area contributed by atoms with Gasteiger partial charge in [0.25, 0.3) is 0 Å². The number of aliphatic carboxylic acids is 1. The number of H-pyrrole nitrogens is 2. The van der Waals surface area contributed by atoms with Crippen molar-refractivity contribution in [2.24, 2.45) is 11.8 Å². The molecule has 0 aliphatic heterocycles. The molecule has 14 heteroatoms. The molecule has 2 saturated carbocycles. The Morgan fingerprint density at radius 2 is 1.10 bits per heavy atom. The number of carbonyl (C=O) groups excluding carboxylic acids is 1. The van der Waals surface area contributed by atoms with Gasteiger partial charge >= 0.3 is 30.8 Å². The second-order valence-corrected chi connectivity index (χ2v) is 13.3. The fourth-order valence-electron chi connectivity index (χ4n) is 6.81. The molecular formula is C36H49LiN8O5. The minimum absolute atomic E-state index is 0. The molecule has 50 heavy (non-hydrogen) atoms. The van der Waals surface area contributed by atoms with Crippen LogP contribution in [0.4, 0.5) is 0 Å². The molecule has 264 valence electrons. The first-order valence-corrected chi connectivity index (χ1v) is 17.2. The van der Waals surface area contributed by atoms with Crippen LogP contribution in [0.5, 0.6) is 0 Å². The van der Waals surface area contributed by atoms with Crippen molar-refractivity contribution in [2.75, 3.05) is 6.61 Å². The van der Waals surface area contributed by atoms with Gasteiger partial charge in [0.05, 0.1) is 41.2 Å². The van der Waals surface area contributed by atoms with Gasteiger partial charge in [0.1, 0.15) is 11.6 Å². The number of aromatic amines is 2. The van der Waals surface area contributed by atoms with E-state index in [-0.39, 0.29) is 48.1 Å². The number of nitrogens with one attached hydrogen (secondary N) is 2. The van der Waals surface area contributed by atoms with E-state index in [0.29, 0.717) is 38.2 Å². The summed E-state index contributed by atoms with van der Waals surface area (Å²) in [6.45, 7) is 10.3. The van der Waals surface area contributed by atoms with E-state index < -0.39 is 5.97 Å². The molecule has 0 unspecified atom stereocenters. The molecule has 4 N–H and O–H groups in total. The van der Waals surface area contributed by atoms with Crippen LogP contribution in [0.3, 0.4) is 0 Å². The zero-order valence-corrected chi connectivity index (χ0v) is 30.2. The first-order valence-electron chi connectivity index (χ1n) is 17.2. The van der Waals surface area contributed by atoms with Gasteiger partial charge < -0.3 is 15.3 Å². The molecule has 2 fully saturated rings. The van der Waals surface area contributed by atoms with Crippen LogP contribution in [0.15, 0.2) is 24.3 Å². The number of nitrogens with zero attached hydrogens (tertiary/aromatic N) is 6. The standard InChI is InChI=1S/C19H26N4O2.C17H22N4O2.Li.H2O/c1-4-25-19(24)15-7-5-14(6-8-15)18-20-12(2)9-16(21-18)11-17-10-13(3)22-23-17;1-10-7-14(9-15-8-11(2)20-21-15)19-16(18-10)12-3-5-13(6-4-12)17(22)23;;/h9-10,14-15H,4-8,11H2,1-3H3,(H,22,23);7-8,12-13H,3-6,9H2,1-2H3,(H,20,21)(H,22,23);;1H2/q;;+1;/p-1. The molecular weight excluding hydrogens is 631 g/mol. The molecule has 0 spiro atoms. The average molecular weight is 681 g/mol. The first kappa shape index (κ1) is 40.5. The summed E-state index contributed by atoms with van der Waals surface area (Å²) in [4.78, 5) is 41.7. The number of hydrogen-bond donors (Lipinski definition) is 3. The largest absolute Gasteiger partial charge is 1.00 e. The van der Waals surface area contributed by atoms with E-state index in [1.807, 2.05) is 58.9 Å². The monoisotopic (exact) mass is 680 g/mol. The number of aryl methyl sites for hydroxylation is 4. The molecule has 4 aromatic heterocycles. The number of esters is 1. The summed E-state index contributed by atoms with van der Waals surface area (Å²) in [6.07, 6.45) is 8.11. The Morgan fingerprint density at radius 3 is 1.46 bits per heavy atom. The summed E-state index contributed by atoms with van der Waals surface area (Å²) in [5.74, 6) is 1.45. The number of hydrogen-bond acceptors (Lipinski definition) is 10. The smallest absolute Gasteiger partial charge is 0.870 e. The predicted octanol–water partition coefficient (Wildman–Crippen LogP) is 2.84. The number of carboxylic acid groups (broad SMARTS) is 1. The molecule has 0 bridgehead atoms. The summed E-state index contributed by atoms with van der Waals surface area (Å²) in [6, 6.07) is 8.09. The van der Waals surface area contributed by atoms with Gasteiger partial charge in [0.2, 0.25) is 0 Å².